The van der Waals surface area contributed by atoms with Gasteiger partial charge in [-0.05, 0) is 30.3 Å². The van der Waals surface area contributed by atoms with Crippen LogP contribution in [0.25, 0.3) is 10.9 Å². The third kappa shape index (κ3) is 2.64. The first-order chi connectivity index (χ1) is 10.1. The van der Waals surface area contributed by atoms with Crippen LogP contribution in [0.1, 0.15) is 10.6 Å². The van der Waals surface area contributed by atoms with Crippen LogP contribution < -0.4 is 5.32 Å². The molecule has 2 N–H and O–H groups in total. The monoisotopic (exact) mass is 283 g/mol. The first-order valence-electron chi connectivity index (χ1n) is 6.16. The second-order valence-corrected chi connectivity index (χ2v) is 4.35. The Morgan fingerprint density at radius 2 is 1.90 bits per heavy atom. The van der Waals surface area contributed by atoms with Crippen LogP contribution >= 0.6 is 0 Å². The fourth-order valence-electron chi connectivity index (χ4n) is 1.97. The van der Waals surface area contributed by atoms with Crippen LogP contribution in [-0.4, -0.2) is 21.0 Å². The highest BCUT2D eigenvalue weighted by molar-refractivity contribution is 5.94. The Morgan fingerprint density at radius 3 is 2.67 bits per heavy atom. The van der Waals surface area contributed by atoms with Gasteiger partial charge in [0.1, 0.15) is 11.6 Å². The third-order valence-electron chi connectivity index (χ3n) is 2.88. The number of hydrogen-bond acceptors (Lipinski definition) is 4. The molecule has 2 aromatic carbocycles. The maximum Gasteiger partial charge on any atom is 0.374 e. The van der Waals surface area contributed by atoms with Crippen molar-refractivity contribution in [2.75, 3.05) is 5.32 Å². The molecule has 104 valence electrons. The van der Waals surface area contributed by atoms with Crippen LogP contribution in [0, 0.1) is 5.82 Å². The number of para-hydroxylation sites is 1. The van der Waals surface area contributed by atoms with Crippen molar-refractivity contribution >= 4 is 28.4 Å². The number of anilines is 2. The van der Waals surface area contributed by atoms with E-state index in [-0.39, 0.29) is 5.82 Å². The average Bonchev–Trinajstić information content (AvgIpc) is 2.47. The number of rotatable bonds is 3. The molecule has 1 heterocycles. The molecule has 6 heteroatoms. The van der Waals surface area contributed by atoms with Gasteiger partial charge in [0.05, 0.1) is 5.52 Å². The molecule has 0 atom stereocenters. The standard InChI is InChI=1S/C15H10FN3O2/c16-9-4-3-5-10(8-9)17-13-11-6-1-2-7-12(11)18-14(19-13)15(20)21/h1-8H,(H,20,21)(H,17,18,19). The van der Waals surface area contributed by atoms with Crippen LogP contribution in [0.2, 0.25) is 0 Å². The minimum absolute atomic E-state index is 0.312. The van der Waals surface area contributed by atoms with Crippen LogP contribution in [0.15, 0.2) is 48.5 Å². The topological polar surface area (TPSA) is 75.1 Å². The van der Waals surface area contributed by atoms with Gasteiger partial charge in [-0.15, -0.1) is 0 Å². The molecule has 3 aromatic rings. The van der Waals surface area contributed by atoms with Crippen LogP contribution in [0.4, 0.5) is 15.9 Å². The molecule has 0 unspecified atom stereocenters. The van der Waals surface area contributed by atoms with E-state index in [2.05, 4.69) is 15.3 Å². The molecular weight excluding hydrogens is 273 g/mol. The number of carboxylic acids is 1. The zero-order valence-electron chi connectivity index (χ0n) is 10.7. The molecule has 0 aliphatic heterocycles. The zero-order chi connectivity index (χ0) is 14.8. The number of fused-ring (bicyclic) bond motifs is 1. The van der Waals surface area contributed by atoms with Gasteiger partial charge in [-0.3, -0.25) is 0 Å². The summed E-state index contributed by atoms with van der Waals surface area (Å²) >= 11 is 0. The van der Waals surface area contributed by atoms with Crippen molar-refractivity contribution in [2.45, 2.75) is 0 Å². The van der Waals surface area contributed by atoms with Crippen molar-refractivity contribution in [3.8, 4) is 0 Å². The van der Waals surface area contributed by atoms with Gasteiger partial charge in [-0.1, -0.05) is 18.2 Å². The van der Waals surface area contributed by atoms with E-state index in [0.29, 0.717) is 22.4 Å². The van der Waals surface area contributed by atoms with Gasteiger partial charge < -0.3 is 10.4 Å². The normalized spacial score (nSPS) is 10.5. The molecule has 5 nitrogen and oxygen atoms in total. The summed E-state index contributed by atoms with van der Waals surface area (Å²) in [6, 6.07) is 12.9. The van der Waals surface area contributed by atoms with Crippen molar-refractivity contribution < 1.29 is 14.3 Å². The Hall–Kier alpha value is -3.02. The fraction of sp³-hybridized carbons (Fsp3) is 0. The lowest BCUT2D eigenvalue weighted by atomic mass is 10.2. The molecule has 0 saturated heterocycles. The summed E-state index contributed by atoms with van der Waals surface area (Å²) in [5.74, 6) is -1.60. The number of aromatic carboxylic acids is 1. The summed E-state index contributed by atoms with van der Waals surface area (Å²) in [7, 11) is 0. The summed E-state index contributed by atoms with van der Waals surface area (Å²) in [4.78, 5) is 19.0. The maximum absolute atomic E-state index is 13.2. The van der Waals surface area contributed by atoms with E-state index in [0.717, 1.165) is 0 Å². The molecule has 0 aliphatic carbocycles. The Kier molecular flexibility index (Phi) is 3.19. The largest absolute Gasteiger partial charge is 0.475 e. The van der Waals surface area contributed by atoms with Gasteiger partial charge in [0.2, 0.25) is 5.82 Å². The molecule has 0 spiro atoms. The number of carboxylic acid groups (broad SMARTS) is 1. The second-order valence-electron chi connectivity index (χ2n) is 4.35. The van der Waals surface area contributed by atoms with E-state index in [1.807, 2.05) is 0 Å². The Labute approximate surface area is 119 Å². The van der Waals surface area contributed by atoms with Crippen molar-refractivity contribution in [3.63, 3.8) is 0 Å². The minimum atomic E-state index is -1.22. The number of nitrogens with zero attached hydrogens (tertiary/aromatic N) is 2. The molecule has 1 aromatic heterocycles. The second kappa shape index (κ2) is 5.16. The van der Waals surface area contributed by atoms with E-state index in [1.165, 1.54) is 12.1 Å². The lowest BCUT2D eigenvalue weighted by Gasteiger charge is -2.09. The number of benzene rings is 2. The predicted molar refractivity (Wildman–Crippen MR) is 76.2 cm³/mol. The van der Waals surface area contributed by atoms with Crippen LogP contribution in [-0.2, 0) is 0 Å². The van der Waals surface area contributed by atoms with Gasteiger partial charge >= 0.3 is 5.97 Å². The summed E-state index contributed by atoms with van der Waals surface area (Å²) in [6.07, 6.45) is 0. The number of hydrogen-bond donors (Lipinski definition) is 2. The third-order valence-corrected chi connectivity index (χ3v) is 2.88. The highest BCUT2D eigenvalue weighted by Crippen LogP contribution is 2.24. The minimum Gasteiger partial charge on any atom is -0.475 e. The van der Waals surface area contributed by atoms with Gasteiger partial charge in [0.15, 0.2) is 0 Å². The van der Waals surface area contributed by atoms with Crippen molar-refractivity contribution in [3.05, 3.63) is 60.2 Å². The highest BCUT2D eigenvalue weighted by Gasteiger charge is 2.12. The van der Waals surface area contributed by atoms with Gasteiger partial charge in [-0.25, -0.2) is 19.2 Å². The smallest absolute Gasteiger partial charge is 0.374 e. The molecule has 21 heavy (non-hydrogen) atoms. The first-order valence-corrected chi connectivity index (χ1v) is 6.16. The van der Waals surface area contributed by atoms with Gasteiger partial charge in [0.25, 0.3) is 0 Å². The molecule has 0 bridgehead atoms. The number of aromatic nitrogens is 2. The zero-order valence-corrected chi connectivity index (χ0v) is 10.7. The van der Waals surface area contributed by atoms with E-state index < -0.39 is 11.8 Å². The van der Waals surface area contributed by atoms with Crippen molar-refractivity contribution in [1.82, 2.24) is 9.97 Å². The quantitative estimate of drug-likeness (QED) is 0.772. The molecule has 0 saturated carbocycles. The lowest BCUT2D eigenvalue weighted by Crippen LogP contribution is -2.07. The van der Waals surface area contributed by atoms with Crippen molar-refractivity contribution in [2.24, 2.45) is 0 Å². The summed E-state index contributed by atoms with van der Waals surface area (Å²) < 4.78 is 13.2. The highest BCUT2D eigenvalue weighted by atomic mass is 19.1. The van der Waals surface area contributed by atoms with E-state index >= 15 is 0 Å². The first kappa shape index (κ1) is 13.0. The molecule has 0 fully saturated rings. The number of halogens is 1. The summed E-state index contributed by atoms with van der Waals surface area (Å²) in [5, 5.41) is 12.7. The van der Waals surface area contributed by atoms with Crippen molar-refractivity contribution in [1.29, 1.82) is 0 Å². The Balaban J connectivity index is 2.13. The average molecular weight is 283 g/mol. The lowest BCUT2D eigenvalue weighted by molar-refractivity contribution is 0.0684. The van der Waals surface area contributed by atoms with E-state index in [4.69, 9.17) is 5.11 Å². The van der Waals surface area contributed by atoms with Gasteiger partial charge in [-0.2, -0.15) is 0 Å². The molecular formula is C15H10FN3O2. The fourth-order valence-corrected chi connectivity index (χ4v) is 1.97. The van der Waals surface area contributed by atoms with Crippen LogP contribution in [0.3, 0.4) is 0 Å². The Morgan fingerprint density at radius 1 is 1.10 bits per heavy atom. The summed E-state index contributed by atoms with van der Waals surface area (Å²) in [6.45, 7) is 0. The molecule has 0 amide bonds. The summed E-state index contributed by atoms with van der Waals surface area (Å²) in [5.41, 5.74) is 0.985. The van der Waals surface area contributed by atoms with Crippen LogP contribution in [0.5, 0.6) is 0 Å². The van der Waals surface area contributed by atoms with Gasteiger partial charge in [0, 0.05) is 11.1 Å². The number of carbonyl (C=O) groups is 1. The van der Waals surface area contributed by atoms with E-state index in [9.17, 15) is 9.18 Å². The Bertz CT molecular complexity index is 836. The molecule has 0 radical (unpaired) electrons. The van der Waals surface area contributed by atoms with E-state index in [1.54, 1.807) is 36.4 Å². The number of nitrogens with one attached hydrogen (secondary N) is 1. The molecule has 0 aliphatic rings. The predicted octanol–water partition coefficient (Wildman–Crippen LogP) is 3.21. The SMILES string of the molecule is O=C(O)c1nc(Nc2cccc(F)c2)c2ccccc2n1. The molecule has 3 rings (SSSR count). The maximum atomic E-state index is 13.2.